The molecule has 0 bridgehead atoms. The lowest BCUT2D eigenvalue weighted by molar-refractivity contribution is -0.143. The van der Waals surface area contributed by atoms with Gasteiger partial charge in [0.2, 0.25) is 6.79 Å². The van der Waals surface area contributed by atoms with Gasteiger partial charge in [0.25, 0.3) is 5.91 Å². The highest BCUT2D eigenvalue weighted by Crippen LogP contribution is 2.38. The summed E-state index contributed by atoms with van der Waals surface area (Å²) >= 11 is 9.02. The minimum absolute atomic E-state index is 0.0836. The Kier molecular flexibility index (Phi) is 5.17. The zero-order chi connectivity index (χ0) is 21.5. The molecule has 158 valence electrons. The van der Waals surface area contributed by atoms with Gasteiger partial charge in [-0.05, 0) is 13.0 Å². The van der Waals surface area contributed by atoms with Crippen molar-refractivity contribution in [2.45, 2.75) is 13.5 Å². The topological polar surface area (TPSA) is 79.1 Å². The Bertz CT molecular complexity index is 1420. The molecule has 0 spiro atoms. The van der Waals surface area contributed by atoms with Gasteiger partial charge in [-0.15, -0.1) is 11.3 Å². The highest BCUT2D eigenvalue weighted by atomic mass is 35.5. The van der Waals surface area contributed by atoms with Crippen molar-refractivity contribution in [1.29, 1.82) is 0 Å². The van der Waals surface area contributed by atoms with E-state index in [0.29, 0.717) is 31.7 Å². The van der Waals surface area contributed by atoms with Gasteiger partial charge in [-0.1, -0.05) is 41.1 Å². The van der Waals surface area contributed by atoms with Crippen molar-refractivity contribution in [1.82, 2.24) is 4.57 Å². The molecule has 1 amide bonds. The summed E-state index contributed by atoms with van der Waals surface area (Å²) in [5, 5.41) is 1.20. The molecule has 31 heavy (non-hydrogen) atoms. The van der Waals surface area contributed by atoms with Gasteiger partial charge in [-0.2, -0.15) is 4.99 Å². The zero-order valence-electron chi connectivity index (χ0n) is 16.2. The molecule has 2 aromatic heterocycles. The van der Waals surface area contributed by atoms with E-state index in [2.05, 4.69) is 4.99 Å². The number of nitrogens with zero attached hydrogens (tertiary/aromatic N) is 2. The number of hydrogen-bond donors (Lipinski definition) is 0. The van der Waals surface area contributed by atoms with E-state index in [4.69, 9.17) is 25.8 Å². The van der Waals surface area contributed by atoms with E-state index in [1.807, 2.05) is 30.3 Å². The number of rotatable bonds is 4. The largest absolute Gasteiger partial charge is 0.465 e. The van der Waals surface area contributed by atoms with Crippen LogP contribution in [0.4, 0.5) is 0 Å². The third-order valence-electron chi connectivity index (χ3n) is 4.70. The molecule has 10 heteroatoms. The Balaban J connectivity index is 1.65. The van der Waals surface area contributed by atoms with Crippen LogP contribution < -0.4 is 14.3 Å². The number of carbonyl (C=O) groups is 2. The minimum atomic E-state index is -0.463. The first-order valence-corrected chi connectivity index (χ1v) is 11.4. The SMILES string of the molecule is CCOC(=O)Cn1c(=NC(=O)c2sc3ccccc3c2Cl)sc2cc3c(cc21)OCO3. The number of thiophene rings is 1. The van der Waals surface area contributed by atoms with Crippen molar-refractivity contribution in [2.24, 2.45) is 4.99 Å². The molecule has 5 rings (SSSR count). The molecule has 0 saturated heterocycles. The summed E-state index contributed by atoms with van der Waals surface area (Å²) in [6, 6.07) is 11.1. The number of hydrogen-bond acceptors (Lipinski definition) is 7. The van der Waals surface area contributed by atoms with Crippen LogP contribution in [0.1, 0.15) is 16.6 Å². The number of benzene rings is 2. The van der Waals surface area contributed by atoms with E-state index in [-0.39, 0.29) is 19.9 Å². The summed E-state index contributed by atoms with van der Waals surface area (Å²) in [6.45, 7) is 2.06. The third kappa shape index (κ3) is 3.58. The maximum absolute atomic E-state index is 13.0. The Morgan fingerprint density at radius 2 is 1.94 bits per heavy atom. The fraction of sp³-hybridized carbons (Fsp3) is 0.190. The average Bonchev–Trinajstić information content (AvgIpc) is 3.43. The maximum atomic E-state index is 13.0. The smallest absolute Gasteiger partial charge is 0.326 e. The number of halogens is 1. The van der Waals surface area contributed by atoms with Gasteiger partial charge in [0.1, 0.15) is 11.4 Å². The molecule has 1 aliphatic rings. The number of esters is 1. The summed E-state index contributed by atoms with van der Waals surface area (Å²) < 4.78 is 19.4. The first-order chi connectivity index (χ1) is 15.0. The number of fused-ring (bicyclic) bond motifs is 3. The molecular weight excluding hydrogens is 460 g/mol. The molecule has 4 aromatic rings. The second kappa shape index (κ2) is 7.99. The lowest BCUT2D eigenvalue weighted by Gasteiger charge is -2.05. The summed E-state index contributed by atoms with van der Waals surface area (Å²) in [7, 11) is 0. The van der Waals surface area contributed by atoms with Crippen LogP contribution in [0.25, 0.3) is 20.3 Å². The predicted molar refractivity (Wildman–Crippen MR) is 119 cm³/mol. The standard InChI is InChI=1S/C21H15ClN2O5S2/c1-2-27-17(25)9-24-12-7-13-14(29-10-28-13)8-16(12)31-21(24)23-20(26)19-18(22)11-5-3-4-6-15(11)30-19/h3-8H,2,9-10H2,1H3. The van der Waals surface area contributed by atoms with Gasteiger partial charge in [0.05, 0.1) is 21.8 Å². The monoisotopic (exact) mass is 474 g/mol. The molecule has 0 N–H and O–H groups in total. The molecule has 0 unspecified atom stereocenters. The summed E-state index contributed by atoms with van der Waals surface area (Å²) in [4.78, 5) is 30.3. The van der Waals surface area contributed by atoms with Crippen LogP contribution in [0, 0.1) is 0 Å². The van der Waals surface area contributed by atoms with Crippen molar-refractivity contribution in [3.63, 3.8) is 0 Å². The first-order valence-electron chi connectivity index (χ1n) is 9.40. The Hall–Kier alpha value is -2.88. The van der Waals surface area contributed by atoms with E-state index in [9.17, 15) is 9.59 Å². The average molecular weight is 475 g/mol. The summed E-state index contributed by atoms with van der Waals surface area (Å²) in [5.41, 5.74) is 0.705. The van der Waals surface area contributed by atoms with Gasteiger partial charge in [0.15, 0.2) is 16.3 Å². The molecular formula is C21H15ClN2O5S2. The van der Waals surface area contributed by atoms with Crippen LogP contribution in [0.2, 0.25) is 5.02 Å². The fourth-order valence-corrected chi connectivity index (χ4v) is 5.76. The van der Waals surface area contributed by atoms with Crippen LogP contribution in [-0.4, -0.2) is 29.8 Å². The summed E-state index contributed by atoms with van der Waals surface area (Å²) in [6.07, 6.45) is 0. The Morgan fingerprint density at radius 3 is 2.71 bits per heavy atom. The number of thiazole rings is 1. The van der Waals surface area contributed by atoms with Crippen molar-refractivity contribution >= 4 is 66.5 Å². The van der Waals surface area contributed by atoms with Crippen LogP contribution in [0.3, 0.4) is 0 Å². The van der Waals surface area contributed by atoms with E-state index in [0.717, 1.165) is 14.8 Å². The lowest BCUT2D eigenvalue weighted by Crippen LogP contribution is -2.23. The van der Waals surface area contributed by atoms with Crippen molar-refractivity contribution < 1.29 is 23.8 Å². The second-order valence-electron chi connectivity index (χ2n) is 6.61. The maximum Gasteiger partial charge on any atom is 0.326 e. The quantitative estimate of drug-likeness (QED) is 0.404. The minimum Gasteiger partial charge on any atom is -0.465 e. The van der Waals surface area contributed by atoms with E-state index >= 15 is 0 Å². The van der Waals surface area contributed by atoms with E-state index in [1.54, 1.807) is 17.6 Å². The van der Waals surface area contributed by atoms with Crippen molar-refractivity contribution in [3.8, 4) is 11.5 Å². The van der Waals surface area contributed by atoms with Gasteiger partial charge >= 0.3 is 5.97 Å². The number of amides is 1. The third-order valence-corrected chi connectivity index (χ3v) is 7.40. The van der Waals surface area contributed by atoms with Gasteiger partial charge in [-0.25, -0.2) is 0 Å². The molecule has 7 nitrogen and oxygen atoms in total. The van der Waals surface area contributed by atoms with Gasteiger partial charge < -0.3 is 18.8 Å². The van der Waals surface area contributed by atoms with Crippen LogP contribution in [0.15, 0.2) is 41.4 Å². The molecule has 0 radical (unpaired) electrons. The molecule has 1 aliphatic heterocycles. The van der Waals surface area contributed by atoms with Crippen molar-refractivity contribution in [2.75, 3.05) is 13.4 Å². The zero-order valence-corrected chi connectivity index (χ0v) is 18.6. The molecule has 0 saturated carbocycles. The number of carbonyl (C=O) groups excluding carboxylic acids is 2. The van der Waals surface area contributed by atoms with E-state index in [1.165, 1.54) is 22.7 Å². The first kappa shape index (κ1) is 20.0. The normalized spacial score (nSPS) is 13.3. The Morgan fingerprint density at radius 1 is 1.16 bits per heavy atom. The fourth-order valence-electron chi connectivity index (χ4n) is 3.32. The number of aromatic nitrogens is 1. The lowest BCUT2D eigenvalue weighted by atomic mass is 10.2. The molecule has 0 atom stereocenters. The molecule has 3 heterocycles. The highest BCUT2D eigenvalue weighted by Gasteiger charge is 2.21. The Labute approximate surface area is 189 Å². The molecule has 2 aromatic carbocycles. The van der Waals surface area contributed by atoms with Gasteiger partial charge in [-0.3, -0.25) is 9.59 Å². The number of ether oxygens (including phenoxy) is 3. The van der Waals surface area contributed by atoms with Crippen LogP contribution in [-0.2, 0) is 16.1 Å². The molecule has 0 aliphatic carbocycles. The van der Waals surface area contributed by atoms with Gasteiger partial charge in [0, 0.05) is 22.2 Å². The molecule has 0 fully saturated rings. The summed E-state index contributed by atoms with van der Waals surface area (Å²) in [5.74, 6) is 0.305. The van der Waals surface area contributed by atoms with E-state index < -0.39 is 11.9 Å². The highest BCUT2D eigenvalue weighted by molar-refractivity contribution is 7.21. The van der Waals surface area contributed by atoms with Crippen molar-refractivity contribution in [3.05, 3.63) is 51.1 Å². The second-order valence-corrected chi connectivity index (χ2v) is 9.05. The van der Waals surface area contributed by atoms with Crippen LogP contribution in [0.5, 0.6) is 11.5 Å². The predicted octanol–water partition coefficient (Wildman–Crippen LogP) is 4.60. The van der Waals surface area contributed by atoms with Crippen LogP contribution >= 0.6 is 34.3 Å².